The van der Waals surface area contributed by atoms with Crippen LogP contribution in [0.2, 0.25) is 0 Å². The molecule has 2 N–H and O–H groups in total. The molecule has 0 rings (SSSR count). The lowest BCUT2D eigenvalue weighted by Gasteiger charge is -2.08. The monoisotopic (exact) mass is 174 g/mol. The molecule has 11 heavy (non-hydrogen) atoms. The van der Waals surface area contributed by atoms with Gasteiger partial charge in [0.05, 0.1) is 6.61 Å². The minimum atomic E-state index is 0.495. The van der Waals surface area contributed by atoms with Crippen molar-refractivity contribution in [3.63, 3.8) is 0 Å². The van der Waals surface area contributed by atoms with E-state index in [2.05, 4.69) is 17.4 Å². The van der Waals surface area contributed by atoms with Gasteiger partial charge < -0.3 is 5.32 Å². The van der Waals surface area contributed by atoms with Gasteiger partial charge in [-0.15, -0.1) is 0 Å². The van der Waals surface area contributed by atoms with E-state index in [1.54, 1.807) is 0 Å². The minimum absolute atomic E-state index is 0.495. The summed E-state index contributed by atoms with van der Waals surface area (Å²) < 4.78 is 0. The second-order valence-electron chi connectivity index (χ2n) is 2.17. The molecule has 0 aromatic rings. The van der Waals surface area contributed by atoms with Gasteiger partial charge in [-0.1, -0.05) is 12.2 Å². The van der Waals surface area contributed by atoms with Crippen LogP contribution in [0, 0.1) is 0 Å². The SMILES string of the molecule is C=C(C)CNC(=S)NOCC. The highest BCUT2D eigenvalue weighted by Gasteiger charge is 1.91. The first kappa shape index (κ1) is 10.4. The average Bonchev–Trinajstić information content (AvgIpc) is 1.97. The molecule has 0 radical (unpaired) electrons. The van der Waals surface area contributed by atoms with Crippen LogP contribution in [0.25, 0.3) is 0 Å². The van der Waals surface area contributed by atoms with Gasteiger partial charge in [-0.3, -0.25) is 4.84 Å². The third-order valence-electron chi connectivity index (χ3n) is 0.860. The highest BCUT2D eigenvalue weighted by molar-refractivity contribution is 7.80. The molecule has 64 valence electrons. The van der Waals surface area contributed by atoms with Crippen molar-refractivity contribution >= 4 is 17.3 Å². The standard InChI is InChI=1S/C7H14N2OS/c1-4-10-9-7(11)8-5-6(2)3/h2,4-5H2,1,3H3,(H2,8,9,11). The Bertz CT molecular complexity index is 147. The summed E-state index contributed by atoms with van der Waals surface area (Å²) in [6.07, 6.45) is 0. The predicted molar refractivity (Wildman–Crippen MR) is 50.2 cm³/mol. The van der Waals surface area contributed by atoms with Crippen molar-refractivity contribution in [3.8, 4) is 0 Å². The molecule has 4 heteroatoms. The summed E-state index contributed by atoms with van der Waals surface area (Å²) in [7, 11) is 0. The molecule has 0 heterocycles. The van der Waals surface area contributed by atoms with Crippen molar-refractivity contribution in [1.82, 2.24) is 10.8 Å². The van der Waals surface area contributed by atoms with Crippen molar-refractivity contribution in [1.29, 1.82) is 0 Å². The number of hydroxylamine groups is 1. The lowest BCUT2D eigenvalue weighted by Crippen LogP contribution is -2.35. The molecule has 0 amide bonds. The second-order valence-corrected chi connectivity index (χ2v) is 2.58. The Hall–Kier alpha value is -0.610. The Labute approximate surface area is 72.8 Å². The zero-order valence-corrected chi connectivity index (χ0v) is 7.75. The van der Waals surface area contributed by atoms with E-state index < -0.39 is 0 Å². The van der Waals surface area contributed by atoms with E-state index in [0.717, 1.165) is 5.57 Å². The van der Waals surface area contributed by atoms with E-state index in [0.29, 0.717) is 18.3 Å². The third kappa shape index (κ3) is 7.29. The van der Waals surface area contributed by atoms with Crippen LogP contribution in [-0.4, -0.2) is 18.3 Å². The molecule has 0 aromatic heterocycles. The highest BCUT2D eigenvalue weighted by Crippen LogP contribution is 1.81. The number of hydrogen-bond donors (Lipinski definition) is 2. The molecule has 0 saturated heterocycles. The zero-order valence-electron chi connectivity index (χ0n) is 6.94. The Morgan fingerprint density at radius 1 is 1.64 bits per heavy atom. The van der Waals surface area contributed by atoms with Crippen molar-refractivity contribution in [2.45, 2.75) is 13.8 Å². The van der Waals surface area contributed by atoms with Gasteiger partial charge in [-0.05, 0) is 26.1 Å². The first-order valence-electron chi connectivity index (χ1n) is 3.46. The van der Waals surface area contributed by atoms with Crippen LogP contribution < -0.4 is 10.8 Å². The summed E-state index contributed by atoms with van der Waals surface area (Å²) in [6, 6.07) is 0. The summed E-state index contributed by atoms with van der Waals surface area (Å²) in [5.74, 6) is 0. The van der Waals surface area contributed by atoms with Crippen LogP contribution in [0.1, 0.15) is 13.8 Å². The van der Waals surface area contributed by atoms with E-state index in [9.17, 15) is 0 Å². The Balaban J connectivity index is 3.30. The second kappa shape index (κ2) is 6.12. The van der Waals surface area contributed by atoms with Crippen molar-refractivity contribution in [2.75, 3.05) is 13.2 Å². The first-order chi connectivity index (χ1) is 5.16. The van der Waals surface area contributed by atoms with Crippen LogP contribution in [0.3, 0.4) is 0 Å². The van der Waals surface area contributed by atoms with E-state index in [4.69, 9.17) is 17.1 Å². The lowest BCUT2D eigenvalue weighted by molar-refractivity contribution is 0.0963. The molecule has 0 spiro atoms. The van der Waals surface area contributed by atoms with Crippen molar-refractivity contribution < 1.29 is 4.84 Å². The number of thiocarbonyl (C=S) groups is 1. The van der Waals surface area contributed by atoms with Gasteiger partial charge in [0, 0.05) is 6.54 Å². The van der Waals surface area contributed by atoms with Gasteiger partial charge >= 0.3 is 0 Å². The molecule has 3 nitrogen and oxygen atoms in total. The lowest BCUT2D eigenvalue weighted by atomic mass is 10.4. The van der Waals surface area contributed by atoms with E-state index in [1.807, 2.05) is 13.8 Å². The fraction of sp³-hybridized carbons (Fsp3) is 0.571. The zero-order chi connectivity index (χ0) is 8.69. The molecule has 0 aromatic carbocycles. The minimum Gasteiger partial charge on any atom is -0.357 e. The summed E-state index contributed by atoms with van der Waals surface area (Å²) >= 11 is 4.85. The number of rotatable bonds is 4. The molecule has 0 fully saturated rings. The molecule has 0 atom stereocenters. The third-order valence-corrected chi connectivity index (χ3v) is 1.09. The summed E-state index contributed by atoms with van der Waals surface area (Å²) in [5.41, 5.74) is 3.60. The van der Waals surface area contributed by atoms with Gasteiger partial charge in [-0.2, -0.15) is 0 Å². The van der Waals surface area contributed by atoms with Gasteiger partial charge in [0.25, 0.3) is 0 Å². The van der Waals surface area contributed by atoms with Gasteiger partial charge in [0.1, 0.15) is 0 Å². The average molecular weight is 174 g/mol. The molecule has 0 aliphatic rings. The maximum Gasteiger partial charge on any atom is 0.190 e. The molecule has 0 unspecified atom stereocenters. The number of nitrogens with one attached hydrogen (secondary N) is 2. The van der Waals surface area contributed by atoms with Crippen LogP contribution in [0.5, 0.6) is 0 Å². The largest absolute Gasteiger partial charge is 0.357 e. The summed E-state index contributed by atoms with van der Waals surface area (Å²) in [5, 5.41) is 3.41. The van der Waals surface area contributed by atoms with E-state index in [-0.39, 0.29) is 0 Å². The number of hydrogen-bond acceptors (Lipinski definition) is 2. The molecular formula is C7H14N2OS. The van der Waals surface area contributed by atoms with Crippen molar-refractivity contribution in [2.24, 2.45) is 0 Å². The Kier molecular flexibility index (Phi) is 5.78. The Morgan fingerprint density at radius 3 is 2.73 bits per heavy atom. The molecule has 0 bridgehead atoms. The van der Waals surface area contributed by atoms with Crippen LogP contribution in [0.15, 0.2) is 12.2 Å². The quantitative estimate of drug-likeness (QED) is 0.378. The molecular weight excluding hydrogens is 160 g/mol. The summed E-state index contributed by atoms with van der Waals surface area (Å²) in [6.45, 7) is 8.80. The smallest absolute Gasteiger partial charge is 0.190 e. The highest BCUT2D eigenvalue weighted by atomic mass is 32.1. The van der Waals surface area contributed by atoms with Gasteiger partial charge in [-0.25, -0.2) is 5.48 Å². The topological polar surface area (TPSA) is 33.3 Å². The fourth-order valence-electron chi connectivity index (χ4n) is 0.405. The van der Waals surface area contributed by atoms with Gasteiger partial charge in [0.2, 0.25) is 0 Å². The molecule has 0 aliphatic heterocycles. The van der Waals surface area contributed by atoms with E-state index >= 15 is 0 Å². The Morgan fingerprint density at radius 2 is 2.27 bits per heavy atom. The van der Waals surface area contributed by atoms with Crippen molar-refractivity contribution in [3.05, 3.63) is 12.2 Å². The maximum absolute atomic E-state index is 4.85. The maximum atomic E-state index is 4.85. The van der Waals surface area contributed by atoms with Crippen LogP contribution in [-0.2, 0) is 4.84 Å². The predicted octanol–water partition coefficient (Wildman–Crippen LogP) is 0.978. The molecule has 0 saturated carbocycles. The first-order valence-corrected chi connectivity index (χ1v) is 3.87. The summed E-state index contributed by atoms with van der Waals surface area (Å²) in [4.78, 5) is 4.84. The van der Waals surface area contributed by atoms with Crippen LogP contribution >= 0.6 is 12.2 Å². The van der Waals surface area contributed by atoms with Gasteiger partial charge in [0.15, 0.2) is 5.11 Å². The fourth-order valence-corrected chi connectivity index (χ4v) is 0.536. The van der Waals surface area contributed by atoms with E-state index in [1.165, 1.54) is 0 Å². The normalized spacial score (nSPS) is 8.91. The molecule has 0 aliphatic carbocycles. The van der Waals surface area contributed by atoms with Crippen LogP contribution in [0.4, 0.5) is 0 Å².